The van der Waals surface area contributed by atoms with Crippen molar-refractivity contribution in [1.82, 2.24) is 5.16 Å². The van der Waals surface area contributed by atoms with Gasteiger partial charge in [-0.25, -0.2) is 0 Å². The molecule has 2 N–H and O–H groups in total. The van der Waals surface area contributed by atoms with Crippen LogP contribution in [0, 0.1) is 0 Å². The van der Waals surface area contributed by atoms with E-state index in [2.05, 4.69) is 15.4 Å². The number of hydrogen-bond acceptors (Lipinski definition) is 6. The first kappa shape index (κ1) is 17.3. The fraction of sp³-hybridized carbons (Fsp3) is 0.364. The molecule has 6 heteroatoms. The molecule has 2 aliphatic rings. The monoisotopic (exact) mass is 377 g/mol. The second kappa shape index (κ2) is 6.95. The van der Waals surface area contributed by atoms with Crippen molar-refractivity contribution >= 4 is 28.1 Å². The van der Waals surface area contributed by atoms with E-state index < -0.39 is 0 Å². The standard InChI is InChI=1S/C22H23N3O3/c26-12-9-23-16-13-17(25-10-5-1-2-6-11-25)20-19-18(16)21(27)14-7-3-4-8-15(14)22(19)28-24-20/h3-4,7-8,13,23,26H,1-2,5-6,9-12H2. The Morgan fingerprint density at radius 1 is 1.11 bits per heavy atom. The van der Waals surface area contributed by atoms with Gasteiger partial charge in [-0.3, -0.25) is 4.79 Å². The summed E-state index contributed by atoms with van der Waals surface area (Å²) < 4.78 is 5.79. The second-order valence-corrected chi connectivity index (χ2v) is 7.48. The second-order valence-electron chi connectivity index (χ2n) is 7.48. The normalized spacial score (nSPS) is 16.2. The topological polar surface area (TPSA) is 78.6 Å². The summed E-state index contributed by atoms with van der Waals surface area (Å²) >= 11 is 0. The lowest BCUT2D eigenvalue weighted by atomic mass is 9.86. The van der Waals surface area contributed by atoms with Crippen molar-refractivity contribution in [3.63, 3.8) is 0 Å². The van der Waals surface area contributed by atoms with E-state index in [0.29, 0.717) is 23.4 Å². The summed E-state index contributed by atoms with van der Waals surface area (Å²) in [5.74, 6) is 0.628. The third-order valence-electron chi connectivity index (χ3n) is 5.75. The van der Waals surface area contributed by atoms with Gasteiger partial charge in [0.2, 0.25) is 0 Å². The number of hydrogen-bond donors (Lipinski definition) is 2. The summed E-state index contributed by atoms with van der Waals surface area (Å²) in [6.07, 6.45) is 4.77. The number of nitrogens with one attached hydrogen (secondary N) is 1. The van der Waals surface area contributed by atoms with E-state index in [-0.39, 0.29) is 12.4 Å². The van der Waals surface area contributed by atoms with E-state index in [9.17, 15) is 9.90 Å². The Balaban J connectivity index is 1.77. The Kier molecular flexibility index (Phi) is 4.28. The third-order valence-corrected chi connectivity index (χ3v) is 5.75. The van der Waals surface area contributed by atoms with E-state index in [1.54, 1.807) is 0 Å². The highest BCUT2D eigenvalue weighted by molar-refractivity contribution is 6.28. The van der Waals surface area contributed by atoms with Gasteiger partial charge in [-0.2, -0.15) is 0 Å². The molecule has 1 aliphatic heterocycles. The number of benzene rings is 2. The third kappa shape index (κ3) is 2.59. The maximum atomic E-state index is 13.3. The zero-order chi connectivity index (χ0) is 19.1. The molecule has 28 heavy (non-hydrogen) atoms. The van der Waals surface area contributed by atoms with Gasteiger partial charge < -0.3 is 19.8 Å². The van der Waals surface area contributed by atoms with Gasteiger partial charge >= 0.3 is 0 Å². The summed E-state index contributed by atoms with van der Waals surface area (Å²) in [5.41, 5.74) is 4.51. The number of anilines is 2. The molecule has 6 nitrogen and oxygen atoms in total. The lowest BCUT2D eigenvalue weighted by molar-refractivity contribution is 0.104. The predicted octanol–water partition coefficient (Wildman–Crippen LogP) is 3.82. The van der Waals surface area contributed by atoms with E-state index in [1.807, 2.05) is 30.3 Å². The number of carbonyl (C=O) groups excluding carboxylic acids is 1. The first-order valence-electron chi connectivity index (χ1n) is 9.99. The van der Waals surface area contributed by atoms with Crippen LogP contribution in [0.4, 0.5) is 11.4 Å². The molecule has 0 bridgehead atoms. The maximum absolute atomic E-state index is 13.3. The molecule has 0 amide bonds. The molecule has 1 saturated heterocycles. The van der Waals surface area contributed by atoms with Gasteiger partial charge in [0.1, 0.15) is 5.52 Å². The molecule has 5 rings (SSSR count). The zero-order valence-electron chi connectivity index (χ0n) is 15.7. The van der Waals surface area contributed by atoms with Crippen LogP contribution in [0.25, 0.3) is 22.2 Å². The summed E-state index contributed by atoms with van der Waals surface area (Å²) in [4.78, 5) is 15.7. The van der Waals surface area contributed by atoms with Crippen LogP contribution in [-0.4, -0.2) is 42.3 Å². The molecule has 2 heterocycles. The maximum Gasteiger partial charge on any atom is 0.196 e. The van der Waals surface area contributed by atoms with E-state index >= 15 is 0 Å². The Morgan fingerprint density at radius 2 is 1.86 bits per heavy atom. The Labute approximate surface area is 163 Å². The molecule has 0 atom stereocenters. The number of ketones is 1. The van der Waals surface area contributed by atoms with Crippen LogP contribution in [0.3, 0.4) is 0 Å². The number of nitrogens with zero attached hydrogens (tertiary/aromatic N) is 2. The van der Waals surface area contributed by atoms with Crippen molar-refractivity contribution in [2.45, 2.75) is 25.7 Å². The van der Waals surface area contributed by atoms with Crippen molar-refractivity contribution in [2.24, 2.45) is 0 Å². The highest BCUT2D eigenvalue weighted by Gasteiger charge is 2.33. The summed E-state index contributed by atoms with van der Waals surface area (Å²) in [6.45, 7) is 2.33. The van der Waals surface area contributed by atoms with Crippen LogP contribution in [0.1, 0.15) is 41.6 Å². The largest absolute Gasteiger partial charge is 0.395 e. The Morgan fingerprint density at radius 3 is 2.61 bits per heavy atom. The van der Waals surface area contributed by atoms with Gasteiger partial charge in [0.25, 0.3) is 0 Å². The number of aliphatic hydroxyl groups is 1. The highest BCUT2D eigenvalue weighted by atomic mass is 16.5. The fourth-order valence-corrected chi connectivity index (χ4v) is 4.42. The molecule has 2 aromatic carbocycles. The summed E-state index contributed by atoms with van der Waals surface area (Å²) in [6, 6.07) is 9.52. The Hall–Kier alpha value is -2.86. The minimum Gasteiger partial charge on any atom is -0.395 e. The zero-order valence-corrected chi connectivity index (χ0v) is 15.7. The number of aromatic nitrogens is 1. The van der Waals surface area contributed by atoms with Crippen LogP contribution in [0.5, 0.6) is 0 Å². The number of rotatable bonds is 4. The molecule has 3 aromatic rings. The minimum atomic E-state index is -0.0286. The van der Waals surface area contributed by atoms with Crippen molar-refractivity contribution < 1.29 is 14.4 Å². The summed E-state index contributed by atoms with van der Waals surface area (Å²) in [5, 5.41) is 17.8. The fourth-order valence-electron chi connectivity index (χ4n) is 4.42. The minimum absolute atomic E-state index is 0.00219. The molecule has 0 unspecified atom stereocenters. The first-order valence-corrected chi connectivity index (χ1v) is 9.99. The van der Waals surface area contributed by atoms with Crippen molar-refractivity contribution in [3.8, 4) is 11.3 Å². The summed E-state index contributed by atoms with van der Waals surface area (Å²) in [7, 11) is 0. The molecule has 144 valence electrons. The van der Waals surface area contributed by atoms with Gasteiger partial charge in [0, 0.05) is 36.4 Å². The van der Waals surface area contributed by atoms with Gasteiger partial charge in [0.15, 0.2) is 11.5 Å². The van der Waals surface area contributed by atoms with Crippen molar-refractivity contribution in [2.75, 3.05) is 36.5 Å². The SMILES string of the molecule is O=C1c2ccccc2-c2onc3c(N4CCCCCC4)cc(NCCO)c1c23. The smallest absolute Gasteiger partial charge is 0.196 e. The quantitative estimate of drug-likeness (QED) is 0.563. The highest BCUT2D eigenvalue weighted by Crippen LogP contribution is 2.45. The molecule has 0 radical (unpaired) electrons. The van der Waals surface area contributed by atoms with E-state index in [1.165, 1.54) is 12.8 Å². The van der Waals surface area contributed by atoms with E-state index in [0.717, 1.165) is 53.8 Å². The number of carbonyl (C=O) groups is 1. The van der Waals surface area contributed by atoms with Crippen LogP contribution >= 0.6 is 0 Å². The van der Waals surface area contributed by atoms with Gasteiger partial charge in [0.05, 0.1) is 23.2 Å². The number of fused-ring (bicyclic) bond motifs is 2. The molecular weight excluding hydrogens is 354 g/mol. The van der Waals surface area contributed by atoms with Crippen LogP contribution < -0.4 is 10.2 Å². The molecule has 0 spiro atoms. The lowest BCUT2D eigenvalue weighted by Gasteiger charge is -2.26. The lowest BCUT2D eigenvalue weighted by Crippen LogP contribution is -2.25. The average Bonchev–Trinajstić information content (AvgIpc) is 2.98. The van der Waals surface area contributed by atoms with Crippen LogP contribution in [0.2, 0.25) is 0 Å². The molecule has 0 saturated carbocycles. The van der Waals surface area contributed by atoms with E-state index in [4.69, 9.17) is 4.52 Å². The van der Waals surface area contributed by atoms with Crippen molar-refractivity contribution in [3.05, 3.63) is 41.5 Å². The molecule has 1 fully saturated rings. The van der Waals surface area contributed by atoms with Crippen LogP contribution in [0.15, 0.2) is 34.9 Å². The van der Waals surface area contributed by atoms with Crippen molar-refractivity contribution in [1.29, 1.82) is 0 Å². The Bertz CT molecular complexity index is 1050. The van der Waals surface area contributed by atoms with Gasteiger partial charge in [-0.1, -0.05) is 42.3 Å². The molecular formula is C22H23N3O3. The first-order chi connectivity index (χ1) is 13.8. The molecule has 1 aliphatic carbocycles. The predicted molar refractivity (Wildman–Crippen MR) is 109 cm³/mol. The van der Waals surface area contributed by atoms with Crippen LogP contribution in [-0.2, 0) is 0 Å². The average molecular weight is 377 g/mol. The number of aliphatic hydroxyl groups excluding tert-OH is 1. The van der Waals surface area contributed by atoms with Gasteiger partial charge in [-0.05, 0) is 18.9 Å². The van der Waals surface area contributed by atoms with Gasteiger partial charge in [-0.15, -0.1) is 0 Å². The molecule has 1 aromatic heterocycles.